The number of amides is 3. The van der Waals surface area contributed by atoms with Crippen LogP contribution >= 0.6 is 34.7 Å². The zero-order chi connectivity index (χ0) is 28.2. The minimum Gasteiger partial charge on any atom is -0.469 e. The van der Waals surface area contributed by atoms with Crippen molar-refractivity contribution in [3.63, 3.8) is 0 Å². The zero-order valence-corrected chi connectivity index (χ0v) is 23.5. The van der Waals surface area contributed by atoms with E-state index in [1.807, 2.05) is 42.5 Å². The van der Waals surface area contributed by atoms with E-state index < -0.39 is 17.1 Å². The van der Waals surface area contributed by atoms with Crippen LogP contribution in [0.2, 0.25) is 5.02 Å². The Morgan fingerprint density at radius 1 is 0.927 bits per heavy atom. The molecule has 8 nitrogen and oxygen atoms in total. The third-order valence-electron chi connectivity index (χ3n) is 7.35. The summed E-state index contributed by atoms with van der Waals surface area (Å²) in [7, 11) is 0. The van der Waals surface area contributed by atoms with Crippen LogP contribution in [-0.2, 0) is 20.9 Å². The van der Waals surface area contributed by atoms with E-state index in [-0.39, 0.29) is 29.1 Å². The van der Waals surface area contributed by atoms with E-state index in [9.17, 15) is 19.2 Å². The number of nitrogens with one attached hydrogen (secondary N) is 1. The van der Waals surface area contributed by atoms with Gasteiger partial charge in [-0.3, -0.25) is 23.7 Å². The summed E-state index contributed by atoms with van der Waals surface area (Å²) in [6.07, 6.45) is 1.50. The Balaban J connectivity index is 1.25. The summed E-state index contributed by atoms with van der Waals surface area (Å²) in [6, 6.07) is 23.3. The van der Waals surface area contributed by atoms with Crippen LogP contribution in [0.15, 0.2) is 99.4 Å². The number of hydrogen-bond donors (Lipinski definition) is 1. The molecule has 11 heteroatoms. The van der Waals surface area contributed by atoms with E-state index in [0.717, 1.165) is 33.9 Å². The van der Waals surface area contributed by atoms with Gasteiger partial charge in [-0.1, -0.05) is 71.1 Å². The van der Waals surface area contributed by atoms with Gasteiger partial charge in [0, 0.05) is 16.1 Å². The number of halogens is 1. The first-order chi connectivity index (χ1) is 19.9. The van der Waals surface area contributed by atoms with Crippen LogP contribution in [0.5, 0.6) is 0 Å². The van der Waals surface area contributed by atoms with E-state index in [1.165, 1.54) is 15.7 Å². The maximum atomic E-state index is 13.8. The maximum absolute atomic E-state index is 13.8. The number of aromatic nitrogens is 1. The Morgan fingerprint density at radius 3 is 2.49 bits per heavy atom. The van der Waals surface area contributed by atoms with Gasteiger partial charge in [0.15, 0.2) is 0 Å². The summed E-state index contributed by atoms with van der Waals surface area (Å²) < 4.78 is 7.12. The summed E-state index contributed by atoms with van der Waals surface area (Å²) in [5.74, 6) is -2.09. The molecule has 204 valence electrons. The van der Waals surface area contributed by atoms with Crippen molar-refractivity contribution in [1.82, 2.24) is 4.57 Å². The Labute approximate surface area is 246 Å². The van der Waals surface area contributed by atoms with Crippen LogP contribution in [0.25, 0.3) is 10.8 Å². The Morgan fingerprint density at radius 2 is 1.71 bits per heavy atom. The van der Waals surface area contributed by atoms with Gasteiger partial charge < -0.3 is 9.73 Å². The van der Waals surface area contributed by atoms with Gasteiger partial charge in [-0.05, 0) is 47.9 Å². The monoisotopic (exact) mass is 601 g/mol. The minimum atomic E-state index is -0.804. The lowest BCUT2D eigenvalue weighted by Crippen LogP contribution is -2.32. The molecule has 2 aliphatic heterocycles. The molecule has 5 aromatic rings. The number of anilines is 2. The van der Waals surface area contributed by atoms with E-state index in [2.05, 4.69) is 5.32 Å². The molecule has 1 N–H and O–H groups in total. The lowest BCUT2D eigenvalue weighted by molar-refractivity contribution is -0.122. The second-order valence-corrected chi connectivity index (χ2v) is 12.3. The summed E-state index contributed by atoms with van der Waals surface area (Å²) in [6.45, 7) is -0.244. The molecular weight excluding hydrogens is 582 g/mol. The number of nitrogens with zero attached hydrogens (tertiary/aromatic N) is 2. The standard InChI is InChI=1S/C30H20ClN3O5S2/c31-17-10-12-18(13-11-17)34-27(36)24-23(21-9-4-14-39-21)26-29(40-25(24)28(34)37)33(30(38)41-26)15-22(35)32-20-8-3-6-16-5-1-2-7-19(16)20/h1-14,23-25H,15H2,(H,32,35). The fourth-order valence-electron chi connectivity index (χ4n) is 5.54. The van der Waals surface area contributed by atoms with Crippen molar-refractivity contribution in [1.29, 1.82) is 0 Å². The fraction of sp³-hybridized carbons (Fsp3) is 0.133. The van der Waals surface area contributed by atoms with Crippen molar-refractivity contribution in [2.75, 3.05) is 10.2 Å². The molecule has 7 rings (SSSR count). The molecule has 1 saturated heterocycles. The number of imide groups is 1. The highest BCUT2D eigenvalue weighted by Crippen LogP contribution is 2.54. The number of furan rings is 1. The lowest BCUT2D eigenvalue weighted by atomic mass is 9.87. The van der Waals surface area contributed by atoms with Crippen molar-refractivity contribution in [2.45, 2.75) is 22.7 Å². The normalized spacial score (nSPS) is 19.8. The number of thiazole rings is 1. The van der Waals surface area contributed by atoms with Gasteiger partial charge in [0.1, 0.15) is 17.6 Å². The Bertz CT molecular complexity index is 1890. The molecule has 3 atom stereocenters. The van der Waals surface area contributed by atoms with Gasteiger partial charge in [0.2, 0.25) is 17.7 Å². The predicted molar refractivity (Wildman–Crippen MR) is 159 cm³/mol. The first kappa shape index (κ1) is 25.8. The fourth-order valence-corrected chi connectivity index (χ4v) is 8.42. The van der Waals surface area contributed by atoms with E-state index >= 15 is 0 Å². The molecule has 0 bridgehead atoms. The first-order valence-corrected chi connectivity index (χ1v) is 14.8. The molecule has 3 amide bonds. The van der Waals surface area contributed by atoms with Crippen molar-refractivity contribution in [3.8, 4) is 0 Å². The van der Waals surface area contributed by atoms with Crippen LogP contribution in [0.4, 0.5) is 11.4 Å². The summed E-state index contributed by atoms with van der Waals surface area (Å²) in [4.78, 5) is 55.5. The van der Waals surface area contributed by atoms with E-state index in [4.69, 9.17) is 16.0 Å². The molecule has 3 unspecified atom stereocenters. The van der Waals surface area contributed by atoms with Gasteiger partial charge in [0.25, 0.3) is 0 Å². The molecule has 0 aliphatic carbocycles. The second kappa shape index (κ2) is 10.1. The molecule has 41 heavy (non-hydrogen) atoms. The number of thioether (sulfide) groups is 1. The molecule has 1 fully saturated rings. The topological polar surface area (TPSA) is 102 Å². The average Bonchev–Trinajstić information content (AvgIpc) is 3.67. The number of carbonyl (C=O) groups is 3. The Kier molecular flexibility index (Phi) is 6.33. The third kappa shape index (κ3) is 4.30. The van der Waals surface area contributed by atoms with Crippen LogP contribution < -0.4 is 15.1 Å². The highest BCUT2D eigenvalue weighted by Gasteiger charge is 2.57. The van der Waals surface area contributed by atoms with Crippen molar-refractivity contribution in [3.05, 3.63) is 110 Å². The van der Waals surface area contributed by atoms with Crippen molar-refractivity contribution < 1.29 is 18.8 Å². The summed E-state index contributed by atoms with van der Waals surface area (Å²) in [5.41, 5.74) is 1.06. The smallest absolute Gasteiger partial charge is 0.308 e. The zero-order valence-electron chi connectivity index (χ0n) is 21.2. The molecule has 2 aromatic heterocycles. The van der Waals surface area contributed by atoms with Gasteiger partial charge >= 0.3 is 4.87 Å². The number of rotatable bonds is 5. The van der Waals surface area contributed by atoms with Crippen LogP contribution in [0.1, 0.15) is 16.6 Å². The number of hydrogen-bond acceptors (Lipinski definition) is 7. The highest BCUT2D eigenvalue weighted by molar-refractivity contribution is 8.00. The van der Waals surface area contributed by atoms with Crippen LogP contribution in [0, 0.1) is 5.92 Å². The molecule has 2 aliphatic rings. The highest BCUT2D eigenvalue weighted by atomic mass is 35.5. The maximum Gasteiger partial charge on any atom is 0.308 e. The quantitative estimate of drug-likeness (QED) is 0.258. The molecule has 0 spiro atoms. The molecule has 0 radical (unpaired) electrons. The van der Waals surface area contributed by atoms with Crippen LogP contribution in [-0.4, -0.2) is 27.5 Å². The van der Waals surface area contributed by atoms with Gasteiger partial charge in [-0.15, -0.1) is 0 Å². The number of benzene rings is 3. The summed E-state index contributed by atoms with van der Waals surface area (Å²) in [5, 5.41) is 4.97. The van der Waals surface area contributed by atoms with E-state index in [1.54, 1.807) is 36.4 Å². The molecule has 4 heterocycles. The van der Waals surface area contributed by atoms with Crippen molar-refractivity contribution in [2.24, 2.45) is 5.92 Å². The average molecular weight is 602 g/mol. The molecule has 0 saturated carbocycles. The SMILES string of the molecule is O=C(Cn1c2c(sc1=O)C(c1ccco1)C1C(=O)N(c3ccc(Cl)cc3)C(=O)C1S2)Nc1cccc2ccccc12. The van der Waals surface area contributed by atoms with Crippen LogP contribution in [0.3, 0.4) is 0 Å². The first-order valence-electron chi connectivity index (χ1n) is 12.8. The number of carbonyl (C=O) groups excluding carboxylic acids is 3. The van der Waals surface area contributed by atoms with Gasteiger partial charge in [-0.2, -0.15) is 0 Å². The van der Waals surface area contributed by atoms with E-state index in [0.29, 0.717) is 32.1 Å². The molecular formula is C30H20ClN3O5S2. The molecule has 3 aromatic carbocycles. The van der Waals surface area contributed by atoms with Crippen molar-refractivity contribution >= 4 is 74.6 Å². The largest absolute Gasteiger partial charge is 0.469 e. The second-order valence-electron chi connectivity index (χ2n) is 9.74. The Hall–Kier alpha value is -4.12. The minimum absolute atomic E-state index is 0.244. The summed E-state index contributed by atoms with van der Waals surface area (Å²) >= 11 is 8.16. The lowest BCUT2D eigenvalue weighted by Gasteiger charge is -2.29. The number of fused-ring (bicyclic) bond motifs is 3. The van der Waals surface area contributed by atoms with Gasteiger partial charge in [-0.25, -0.2) is 4.90 Å². The third-order valence-corrected chi connectivity index (χ3v) is 10.2. The van der Waals surface area contributed by atoms with Gasteiger partial charge in [0.05, 0.1) is 33.7 Å². The predicted octanol–water partition coefficient (Wildman–Crippen LogP) is 5.74.